The molecule has 25 heavy (non-hydrogen) atoms. The second-order valence-electron chi connectivity index (χ2n) is 5.32. The Bertz CT molecular complexity index is 1050. The molecule has 0 fully saturated rings. The van der Waals surface area contributed by atoms with Gasteiger partial charge in [0.15, 0.2) is 0 Å². The molecule has 126 valence electrons. The lowest BCUT2D eigenvalue weighted by atomic mass is 10.1. The number of carbonyl (C=O) groups excluding carboxylic acids is 1. The van der Waals surface area contributed by atoms with Crippen molar-refractivity contribution >= 4 is 38.1 Å². The zero-order valence-corrected chi connectivity index (χ0v) is 14.1. The van der Waals surface area contributed by atoms with Gasteiger partial charge in [-0.05, 0) is 29.7 Å². The van der Waals surface area contributed by atoms with Crippen molar-refractivity contribution in [1.29, 1.82) is 0 Å². The number of anilines is 2. The Hall–Kier alpha value is -3.12. The van der Waals surface area contributed by atoms with Crippen LogP contribution in [0.1, 0.15) is 0 Å². The normalized spacial score (nSPS) is 11.0. The van der Waals surface area contributed by atoms with Crippen molar-refractivity contribution in [2.45, 2.75) is 4.90 Å². The van der Waals surface area contributed by atoms with E-state index in [0.717, 1.165) is 16.8 Å². The fraction of sp³-hybridized carbons (Fsp3) is 0. The molecular weight excluding hydrogens is 336 g/mol. The number of para-hydroxylation sites is 1. The lowest BCUT2D eigenvalue weighted by Crippen LogP contribution is -2.17. The van der Waals surface area contributed by atoms with E-state index in [-0.39, 0.29) is 10.6 Å². The summed E-state index contributed by atoms with van der Waals surface area (Å²) in [6.45, 7) is 3.37. The van der Waals surface area contributed by atoms with Crippen LogP contribution in [0.25, 0.3) is 10.8 Å². The third-order valence-corrected chi connectivity index (χ3v) is 5.08. The molecule has 1 amide bonds. The predicted octanol–water partition coefficient (Wildman–Crippen LogP) is 3.77. The van der Waals surface area contributed by atoms with E-state index in [1.165, 1.54) is 12.1 Å². The van der Waals surface area contributed by atoms with E-state index in [0.29, 0.717) is 5.69 Å². The van der Waals surface area contributed by atoms with Gasteiger partial charge in [-0.2, -0.15) is 0 Å². The van der Waals surface area contributed by atoms with Gasteiger partial charge in [0.05, 0.1) is 11.4 Å². The average Bonchev–Trinajstić information content (AvgIpc) is 2.62. The number of amides is 1. The summed E-state index contributed by atoms with van der Waals surface area (Å²) in [5.74, 6) is -0.479. The maximum Gasteiger partial charge on any atom is 0.263 e. The van der Waals surface area contributed by atoms with Gasteiger partial charge in [0.25, 0.3) is 10.0 Å². The van der Waals surface area contributed by atoms with Gasteiger partial charge in [-0.25, -0.2) is 8.42 Å². The van der Waals surface area contributed by atoms with Crippen molar-refractivity contribution in [3.63, 3.8) is 0 Å². The molecule has 0 bridgehead atoms. The Labute approximate surface area is 146 Å². The summed E-state index contributed by atoms with van der Waals surface area (Å²) >= 11 is 0. The molecule has 0 atom stereocenters. The molecule has 3 aromatic carbocycles. The minimum atomic E-state index is -3.89. The number of hydrogen-bond donors (Lipinski definition) is 2. The molecule has 0 radical (unpaired) electrons. The smallest absolute Gasteiger partial charge is 0.263 e. The van der Waals surface area contributed by atoms with Crippen LogP contribution in [0, 0.1) is 0 Å². The lowest BCUT2D eigenvalue weighted by Gasteiger charge is -2.14. The van der Waals surface area contributed by atoms with Gasteiger partial charge < -0.3 is 5.32 Å². The first-order chi connectivity index (χ1) is 12.0. The van der Waals surface area contributed by atoms with Crippen molar-refractivity contribution in [3.05, 3.63) is 79.4 Å². The van der Waals surface area contributed by atoms with Gasteiger partial charge in [-0.1, -0.05) is 55.1 Å². The Morgan fingerprint density at radius 1 is 0.880 bits per heavy atom. The van der Waals surface area contributed by atoms with Crippen LogP contribution in [0.15, 0.2) is 84.3 Å². The van der Waals surface area contributed by atoms with Gasteiger partial charge in [-0.15, -0.1) is 0 Å². The Balaban J connectivity index is 2.03. The van der Waals surface area contributed by atoms with Crippen LogP contribution >= 0.6 is 0 Å². The third-order valence-electron chi connectivity index (χ3n) is 3.65. The summed E-state index contributed by atoms with van der Waals surface area (Å²) in [6.07, 6.45) is 1.08. The topological polar surface area (TPSA) is 75.3 Å². The minimum Gasteiger partial charge on any atom is -0.321 e. The second kappa shape index (κ2) is 6.78. The maximum absolute atomic E-state index is 12.8. The second-order valence-corrected chi connectivity index (χ2v) is 6.97. The first-order valence-electron chi connectivity index (χ1n) is 7.54. The Kier molecular flexibility index (Phi) is 4.54. The molecule has 2 N–H and O–H groups in total. The highest BCUT2D eigenvalue weighted by atomic mass is 32.2. The number of benzene rings is 3. The zero-order chi connectivity index (χ0) is 17.9. The fourth-order valence-corrected chi connectivity index (χ4v) is 3.75. The largest absolute Gasteiger partial charge is 0.321 e. The molecule has 0 aliphatic heterocycles. The molecule has 0 aromatic heterocycles. The molecule has 0 unspecified atom stereocenters. The van der Waals surface area contributed by atoms with Gasteiger partial charge in [-0.3, -0.25) is 9.52 Å². The van der Waals surface area contributed by atoms with Crippen LogP contribution in [0.3, 0.4) is 0 Å². The molecular formula is C19H16N2O3S. The summed E-state index contributed by atoms with van der Waals surface area (Å²) in [4.78, 5) is 11.5. The molecule has 0 saturated heterocycles. The van der Waals surface area contributed by atoms with Crippen molar-refractivity contribution in [2.24, 2.45) is 0 Å². The van der Waals surface area contributed by atoms with Gasteiger partial charge in [0.2, 0.25) is 5.91 Å². The van der Waals surface area contributed by atoms with E-state index in [9.17, 15) is 13.2 Å². The number of carbonyl (C=O) groups is 1. The van der Waals surface area contributed by atoms with Crippen molar-refractivity contribution < 1.29 is 13.2 Å². The third kappa shape index (κ3) is 3.54. The molecule has 0 spiro atoms. The Morgan fingerprint density at radius 3 is 2.32 bits per heavy atom. The number of sulfonamides is 1. The molecule has 0 heterocycles. The van der Waals surface area contributed by atoms with Crippen molar-refractivity contribution in [3.8, 4) is 0 Å². The van der Waals surface area contributed by atoms with Crippen LogP contribution in [-0.4, -0.2) is 14.3 Å². The number of hydrogen-bond acceptors (Lipinski definition) is 3. The van der Waals surface area contributed by atoms with Crippen LogP contribution in [0.5, 0.6) is 0 Å². The summed E-state index contributed by atoms with van der Waals surface area (Å²) in [7, 11) is -3.89. The first kappa shape index (κ1) is 16.7. The van der Waals surface area contributed by atoms with Crippen LogP contribution in [0.4, 0.5) is 11.4 Å². The molecule has 3 rings (SSSR count). The van der Waals surface area contributed by atoms with Crippen LogP contribution in [0.2, 0.25) is 0 Å². The quantitative estimate of drug-likeness (QED) is 0.687. The van der Waals surface area contributed by atoms with E-state index < -0.39 is 15.9 Å². The first-order valence-corrected chi connectivity index (χ1v) is 9.02. The number of nitrogens with one attached hydrogen (secondary N) is 2. The van der Waals surface area contributed by atoms with E-state index in [1.807, 2.05) is 30.3 Å². The SMILES string of the molecule is C=CC(=O)Nc1ccccc1S(=O)(=O)Nc1cccc2ccccc12. The fourth-order valence-electron chi connectivity index (χ4n) is 2.50. The van der Waals surface area contributed by atoms with Crippen LogP contribution in [-0.2, 0) is 14.8 Å². The zero-order valence-electron chi connectivity index (χ0n) is 13.3. The highest BCUT2D eigenvalue weighted by Crippen LogP contribution is 2.28. The summed E-state index contributed by atoms with van der Waals surface area (Å²) < 4.78 is 28.3. The molecule has 3 aromatic rings. The van der Waals surface area contributed by atoms with Crippen molar-refractivity contribution in [1.82, 2.24) is 0 Å². The molecule has 6 heteroatoms. The van der Waals surface area contributed by atoms with Gasteiger partial charge in [0, 0.05) is 5.39 Å². The minimum absolute atomic E-state index is 0.0156. The van der Waals surface area contributed by atoms with E-state index in [4.69, 9.17) is 0 Å². The molecule has 5 nitrogen and oxygen atoms in total. The average molecular weight is 352 g/mol. The number of rotatable bonds is 5. The summed E-state index contributed by atoms with van der Waals surface area (Å²) in [5, 5.41) is 4.23. The van der Waals surface area contributed by atoms with E-state index in [1.54, 1.807) is 24.3 Å². The molecule has 0 saturated carbocycles. The van der Waals surface area contributed by atoms with E-state index in [2.05, 4.69) is 16.6 Å². The standard InChI is InChI=1S/C19H16N2O3S/c1-2-19(22)20-17-11-5-6-13-18(17)25(23,24)21-16-12-7-9-14-8-3-4-10-15(14)16/h2-13,21H,1H2,(H,20,22). The lowest BCUT2D eigenvalue weighted by molar-refractivity contribution is -0.111. The van der Waals surface area contributed by atoms with Gasteiger partial charge >= 0.3 is 0 Å². The molecule has 0 aliphatic rings. The predicted molar refractivity (Wildman–Crippen MR) is 100 cm³/mol. The monoisotopic (exact) mass is 352 g/mol. The maximum atomic E-state index is 12.8. The molecule has 0 aliphatic carbocycles. The highest BCUT2D eigenvalue weighted by Gasteiger charge is 2.20. The van der Waals surface area contributed by atoms with Gasteiger partial charge in [0.1, 0.15) is 4.90 Å². The highest BCUT2D eigenvalue weighted by molar-refractivity contribution is 7.93. The van der Waals surface area contributed by atoms with Crippen LogP contribution < -0.4 is 10.0 Å². The number of fused-ring (bicyclic) bond motifs is 1. The van der Waals surface area contributed by atoms with E-state index >= 15 is 0 Å². The summed E-state index contributed by atoms with van der Waals surface area (Å²) in [5.41, 5.74) is 0.670. The van der Waals surface area contributed by atoms with Crippen molar-refractivity contribution in [2.75, 3.05) is 10.0 Å². The summed E-state index contributed by atoms with van der Waals surface area (Å²) in [6, 6.07) is 19.1. The Morgan fingerprint density at radius 2 is 1.52 bits per heavy atom.